The van der Waals surface area contributed by atoms with Gasteiger partial charge in [-0.15, -0.1) is 0 Å². The van der Waals surface area contributed by atoms with Crippen LogP contribution in [-0.2, 0) is 7.05 Å². The van der Waals surface area contributed by atoms with E-state index in [-0.39, 0.29) is 11.3 Å². The Balaban J connectivity index is 2.14. The monoisotopic (exact) mass is 365 g/mol. The van der Waals surface area contributed by atoms with Crippen LogP contribution in [-0.4, -0.2) is 45.7 Å². The largest absolute Gasteiger partial charge is 0.341 e. The molecule has 0 aliphatic carbocycles. The minimum absolute atomic E-state index is 0.0443. The predicted molar refractivity (Wildman–Crippen MR) is 108 cm³/mol. The van der Waals surface area contributed by atoms with E-state index in [4.69, 9.17) is 10.7 Å². The van der Waals surface area contributed by atoms with E-state index in [2.05, 4.69) is 18.9 Å². The highest BCUT2D eigenvalue weighted by Crippen LogP contribution is 2.28. The molecule has 0 saturated heterocycles. The lowest BCUT2D eigenvalue weighted by Gasteiger charge is -2.29. The molecule has 142 valence electrons. The summed E-state index contributed by atoms with van der Waals surface area (Å²) in [6.45, 7) is 7.11. The molecule has 0 saturated carbocycles. The van der Waals surface area contributed by atoms with E-state index in [0.29, 0.717) is 24.3 Å². The third kappa shape index (κ3) is 3.71. The third-order valence-electron chi connectivity index (χ3n) is 4.83. The molecule has 3 aromatic rings. The van der Waals surface area contributed by atoms with Crippen molar-refractivity contribution in [2.75, 3.05) is 20.1 Å². The smallest absolute Gasteiger partial charge is 0.254 e. The molecule has 6 nitrogen and oxygen atoms in total. The van der Waals surface area contributed by atoms with Crippen LogP contribution in [0.4, 0.5) is 0 Å². The second kappa shape index (κ2) is 7.12. The molecule has 2 heterocycles. The van der Waals surface area contributed by atoms with E-state index in [9.17, 15) is 4.79 Å². The molecule has 2 N–H and O–H groups in total. The van der Waals surface area contributed by atoms with Gasteiger partial charge in [0, 0.05) is 26.2 Å². The van der Waals surface area contributed by atoms with E-state index in [1.165, 1.54) is 0 Å². The quantitative estimate of drug-likeness (QED) is 0.754. The SMILES string of the molecule is Cc1nn(C)c2nc(-c3ccccc3)cc(C(=O)N(C)CC(C)(C)CN)c12. The van der Waals surface area contributed by atoms with Gasteiger partial charge >= 0.3 is 0 Å². The van der Waals surface area contributed by atoms with Crippen LogP contribution in [0.2, 0.25) is 0 Å². The number of fused-ring (bicyclic) bond motifs is 1. The van der Waals surface area contributed by atoms with Gasteiger partial charge in [0.15, 0.2) is 5.65 Å². The van der Waals surface area contributed by atoms with Crippen LogP contribution in [0.5, 0.6) is 0 Å². The van der Waals surface area contributed by atoms with Crippen LogP contribution in [0.25, 0.3) is 22.3 Å². The molecule has 1 amide bonds. The Morgan fingerprint density at radius 3 is 2.56 bits per heavy atom. The summed E-state index contributed by atoms with van der Waals surface area (Å²) in [6, 6.07) is 11.8. The number of carbonyl (C=O) groups excluding carboxylic acids is 1. The Morgan fingerprint density at radius 2 is 1.93 bits per heavy atom. The van der Waals surface area contributed by atoms with Gasteiger partial charge in [-0.25, -0.2) is 4.98 Å². The van der Waals surface area contributed by atoms with Gasteiger partial charge in [0.05, 0.1) is 22.3 Å². The van der Waals surface area contributed by atoms with Gasteiger partial charge in [0.2, 0.25) is 0 Å². The van der Waals surface area contributed by atoms with E-state index in [0.717, 1.165) is 22.3 Å². The maximum Gasteiger partial charge on any atom is 0.254 e. The number of aryl methyl sites for hydroxylation is 2. The molecule has 0 fully saturated rings. The molecule has 6 heteroatoms. The van der Waals surface area contributed by atoms with Gasteiger partial charge < -0.3 is 10.6 Å². The Kier molecular flexibility index (Phi) is 5.02. The molecule has 2 aromatic heterocycles. The van der Waals surface area contributed by atoms with Gasteiger partial charge in [0.1, 0.15) is 0 Å². The second-order valence-corrected chi connectivity index (χ2v) is 7.86. The molecular formula is C21H27N5O. The Morgan fingerprint density at radius 1 is 1.26 bits per heavy atom. The topological polar surface area (TPSA) is 77.0 Å². The molecule has 0 aliphatic heterocycles. The molecule has 3 rings (SSSR count). The van der Waals surface area contributed by atoms with Crippen molar-refractivity contribution in [3.05, 3.63) is 47.7 Å². The number of aromatic nitrogens is 3. The number of carbonyl (C=O) groups is 1. The number of amides is 1. The normalized spacial score (nSPS) is 11.8. The maximum absolute atomic E-state index is 13.3. The molecular weight excluding hydrogens is 338 g/mol. The third-order valence-corrected chi connectivity index (χ3v) is 4.83. The fourth-order valence-electron chi connectivity index (χ4n) is 3.35. The number of pyridine rings is 1. The maximum atomic E-state index is 13.3. The predicted octanol–water partition coefficient (Wildman–Crippen LogP) is 3.00. The van der Waals surface area contributed by atoms with Crippen LogP contribution >= 0.6 is 0 Å². The molecule has 0 radical (unpaired) electrons. The molecule has 0 atom stereocenters. The first-order chi connectivity index (χ1) is 12.7. The standard InChI is InChI=1S/C21H27N5O/c1-14-18-16(20(27)25(4)13-21(2,3)12-22)11-17(15-9-7-6-8-10-15)23-19(18)26(5)24-14/h6-11H,12-13,22H2,1-5H3. The van der Waals surface area contributed by atoms with Crippen molar-refractivity contribution in [1.82, 2.24) is 19.7 Å². The minimum Gasteiger partial charge on any atom is -0.341 e. The van der Waals surface area contributed by atoms with Gasteiger partial charge in [-0.05, 0) is 24.9 Å². The Hall–Kier alpha value is -2.73. The first-order valence-electron chi connectivity index (χ1n) is 9.09. The minimum atomic E-state index is -0.150. The fourth-order valence-corrected chi connectivity index (χ4v) is 3.35. The lowest BCUT2D eigenvalue weighted by atomic mass is 9.93. The first-order valence-corrected chi connectivity index (χ1v) is 9.09. The van der Waals surface area contributed by atoms with E-state index >= 15 is 0 Å². The number of benzene rings is 1. The summed E-state index contributed by atoms with van der Waals surface area (Å²) in [5, 5.41) is 5.29. The van der Waals surface area contributed by atoms with Crippen molar-refractivity contribution in [1.29, 1.82) is 0 Å². The number of rotatable bonds is 5. The van der Waals surface area contributed by atoms with Crippen LogP contribution in [0.1, 0.15) is 29.9 Å². The lowest BCUT2D eigenvalue weighted by molar-refractivity contribution is 0.0742. The fraction of sp³-hybridized carbons (Fsp3) is 0.381. The average Bonchev–Trinajstić information content (AvgIpc) is 2.95. The summed E-state index contributed by atoms with van der Waals surface area (Å²) < 4.78 is 1.73. The van der Waals surface area contributed by atoms with Gasteiger partial charge in [0.25, 0.3) is 5.91 Å². The van der Waals surface area contributed by atoms with Gasteiger partial charge in [-0.2, -0.15) is 5.10 Å². The van der Waals surface area contributed by atoms with Crippen molar-refractivity contribution in [2.24, 2.45) is 18.2 Å². The molecule has 0 aliphatic rings. The average molecular weight is 365 g/mol. The highest BCUT2D eigenvalue weighted by Gasteiger charge is 2.25. The van der Waals surface area contributed by atoms with E-state index < -0.39 is 0 Å². The number of hydrogen-bond acceptors (Lipinski definition) is 4. The first kappa shape index (κ1) is 19.0. The van der Waals surface area contributed by atoms with E-state index in [1.54, 1.807) is 9.58 Å². The van der Waals surface area contributed by atoms with E-state index in [1.807, 2.05) is 57.4 Å². The molecule has 1 aromatic carbocycles. The van der Waals surface area contributed by atoms with Crippen molar-refractivity contribution < 1.29 is 4.79 Å². The highest BCUT2D eigenvalue weighted by atomic mass is 16.2. The van der Waals surface area contributed by atoms with Crippen molar-refractivity contribution >= 4 is 16.9 Å². The second-order valence-electron chi connectivity index (χ2n) is 7.86. The Bertz CT molecular complexity index is 975. The zero-order valence-electron chi connectivity index (χ0n) is 16.7. The van der Waals surface area contributed by atoms with Crippen molar-refractivity contribution in [3.63, 3.8) is 0 Å². The van der Waals surface area contributed by atoms with Crippen molar-refractivity contribution in [3.8, 4) is 11.3 Å². The van der Waals surface area contributed by atoms with Crippen LogP contribution in [0.3, 0.4) is 0 Å². The molecule has 27 heavy (non-hydrogen) atoms. The molecule has 0 bridgehead atoms. The number of nitrogens with two attached hydrogens (primary N) is 1. The van der Waals surface area contributed by atoms with Gasteiger partial charge in [-0.3, -0.25) is 9.48 Å². The van der Waals surface area contributed by atoms with Crippen LogP contribution in [0, 0.1) is 12.3 Å². The molecule has 0 unspecified atom stereocenters. The van der Waals surface area contributed by atoms with Crippen LogP contribution in [0.15, 0.2) is 36.4 Å². The molecule has 0 spiro atoms. The number of nitrogens with zero attached hydrogens (tertiary/aromatic N) is 4. The lowest BCUT2D eigenvalue weighted by Crippen LogP contribution is -2.39. The summed E-state index contributed by atoms with van der Waals surface area (Å²) in [7, 11) is 3.67. The Labute approximate surface area is 160 Å². The number of hydrogen-bond donors (Lipinski definition) is 1. The van der Waals surface area contributed by atoms with Crippen molar-refractivity contribution in [2.45, 2.75) is 20.8 Å². The summed E-state index contributed by atoms with van der Waals surface area (Å²) in [4.78, 5) is 19.8. The van der Waals surface area contributed by atoms with Gasteiger partial charge in [-0.1, -0.05) is 44.2 Å². The summed E-state index contributed by atoms with van der Waals surface area (Å²) in [5.41, 5.74) is 9.57. The zero-order valence-corrected chi connectivity index (χ0v) is 16.7. The van der Waals surface area contributed by atoms with Crippen LogP contribution < -0.4 is 5.73 Å². The zero-order chi connectivity index (χ0) is 19.8. The summed E-state index contributed by atoms with van der Waals surface area (Å²) in [6.07, 6.45) is 0. The summed E-state index contributed by atoms with van der Waals surface area (Å²) in [5.74, 6) is -0.0443. The summed E-state index contributed by atoms with van der Waals surface area (Å²) >= 11 is 0. The highest BCUT2D eigenvalue weighted by molar-refractivity contribution is 6.07.